The van der Waals surface area contributed by atoms with E-state index < -0.39 is 5.97 Å². The molecule has 6 saturated carbocycles. The minimum Gasteiger partial charge on any atom is -0.480 e. The highest BCUT2D eigenvalue weighted by Crippen LogP contribution is 2.50. The number of aldehydes is 1. The van der Waals surface area contributed by atoms with Gasteiger partial charge in [0.25, 0.3) is 11.8 Å². The van der Waals surface area contributed by atoms with E-state index in [1.54, 1.807) is 64.5 Å². The van der Waals surface area contributed by atoms with Gasteiger partial charge in [-0.25, -0.2) is 0 Å². The molecule has 12 heteroatoms. The van der Waals surface area contributed by atoms with Crippen LogP contribution in [-0.4, -0.2) is 101 Å². The van der Waals surface area contributed by atoms with Crippen molar-refractivity contribution in [2.45, 2.75) is 271 Å². The van der Waals surface area contributed by atoms with Gasteiger partial charge in [0, 0.05) is 51.2 Å². The maximum atomic E-state index is 12.6. The molecule has 0 radical (unpaired) electrons. The molecule has 428 valence electrons. The van der Waals surface area contributed by atoms with Crippen molar-refractivity contribution in [2.24, 2.45) is 47.3 Å². The minimum absolute atomic E-state index is 0.0260. The van der Waals surface area contributed by atoms with Crippen LogP contribution in [0.25, 0.3) is 0 Å². The van der Waals surface area contributed by atoms with Gasteiger partial charge in [-0.15, -0.1) is 0 Å². The predicted molar refractivity (Wildman–Crippen MR) is 303 cm³/mol. The normalized spacial score (nSPS) is 28.3. The number of carboxylic acids is 1. The maximum Gasteiger partial charge on any atom is 0.320 e. The van der Waals surface area contributed by atoms with Crippen LogP contribution in [0.15, 0.2) is 12.2 Å². The van der Waals surface area contributed by atoms with E-state index in [9.17, 15) is 28.8 Å². The molecule has 0 aromatic heterocycles. The number of imide groups is 2. The number of aliphatic carboxylic acids is 1. The molecule has 0 spiro atoms. The van der Waals surface area contributed by atoms with Crippen molar-refractivity contribution in [3.63, 3.8) is 0 Å². The molecule has 5 aliphatic heterocycles. The number of fused-ring (bicyclic) bond motifs is 3. The average molecular weight is 1050 g/mol. The van der Waals surface area contributed by atoms with Gasteiger partial charge < -0.3 is 15.2 Å². The Balaban J connectivity index is 0.000000240. The summed E-state index contributed by atoms with van der Waals surface area (Å²) in [6.45, 7) is 11.4. The van der Waals surface area contributed by atoms with E-state index in [0.717, 1.165) is 80.1 Å². The van der Waals surface area contributed by atoms with Gasteiger partial charge in [-0.3, -0.25) is 38.7 Å². The molecule has 0 aromatic rings. The first-order valence-corrected chi connectivity index (χ1v) is 31.3. The number of amides is 4. The van der Waals surface area contributed by atoms with Crippen LogP contribution >= 0.6 is 0 Å². The molecule has 11 rings (SSSR count). The van der Waals surface area contributed by atoms with Gasteiger partial charge >= 0.3 is 5.97 Å². The lowest BCUT2D eigenvalue weighted by atomic mass is 9.73. The summed E-state index contributed by atoms with van der Waals surface area (Å²) < 4.78 is 0. The average Bonchev–Trinajstić information content (AvgIpc) is 4.34. The van der Waals surface area contributed by atoms with Crippen molar-refractivity contribution in [1.82, 2.24) is 20.0 Å². The number of likely N-dealkylation sites (tertiary alicyclic amines) is 1. The van der Waals surface area contributed by atoms with Crippen LogP contribution < -0.4 is 5.32 Å². The Morgan fingerprint density at radius 3 is 1.19 bits per heavy atom. The number of rotatable bonds is 5. The fourth-order valence-electron chi connectivity index (χ4n) is 14.5. The van der Waals surface area contributed by atoms with Gasteiger partial charge in [-0.1, -0.05) is 195 Å². The summed E-state index contributed by atoms with van der Waals surface area (Å²) in [5, 5.41) is 18.5. The number of carbonyl (C=O) groups is 6. The van der Waals surface area contributed by atoms with Gasteiger partial charge in [0.1, 0.15) is 12.3 Å². The van der Waals surface area contributed by atoms with Crippen LogP contribution in [-0.2, 0) is 28.8 Å². The molecule has 0 bridgehead atoms. The van der Waals surface area contributed by atoms with Crippen molar-refractivity contribution in [2.75, 3.05) is 27.2 Å². The minimum atomic E-state index is -0.720. The van der Waals surface area contributed by atoms with Gasteiger partial charge in [0.05, 0.1) is 17.9 Å². The molecule has 4 amide bonds. The van der Waals surface area contributed by atoms with Crippen LogP contribution in [0.5, 0.6) is 0 Å². The first-order valence-electron chi connectivity index (χ1n) is 31.3. The highest BCUT2D eigenvalue weighted by molar-refractivity contribution is 6.12. The standard InChI is InChI=1S/C16H24N2O2.2C12H22.C7H12O.C5H5NO2.C5H9NO2.C2H3N.2C2H6/c1-17-15(19)12-11-8-5-9-18(11)14(13(12)16(17)20)10-6-3-2-4-7-10;2*1-3-7-11(8-4-1)12-9-5-2-6-10-12;8-6-7-4-2-1-3-5-7;1-6-4(7)2-3-5(6)8;7-5(8)4-2-1-3-6-4;1-2-3;2*1-2/h10-14H,2-9H2,1H3;2*11-12H,1-10H2;6-7H,1-5H2;2-3H,1H3;4,6H,1-3H2,(H,7,8);1H3;2*1-2H3/t;;;;;4-;;;/m.....0.../s1. The van der Waals surface area contributed by atoms with Gasteiger partial charge in [0.2, 0.25) is 11.8 Å². The molecule has 6 aliphatic carbocycles. The summed E-state index contributed by atoms with van der Waals surface area (Å²) in [5.41, 5.74) is 0. The zero-order valence-corrected chi connectivity index (χ0v) is 48.7. The third kappa shape index (κ3) is 21.4. The number of hydrogen-bond acceptors (Lipinski definition) is 9. The Morgan fingerprint density at radius 1 is 0.533 bits per heavy atom. The number of carbonyl (C=O) groups excluding carboxylic acids is 5. The Hall–Kier alpha value is -3.43. The summed E-state index contributed by atoms with van der Waals surface area (Å²) in [4.78, 5) is 71.1. The molecule has 4 saturated heterocycles. The second-order valence-corrected chi connectivity index (χ2v) is 23.0. The fourth-order valence-corrected chi connectivity index (χ4v) is 14.5. The lowest BCUT2D eigenvalue weighted by Gasteiger charge is -2.36. The monoisotopic (exact) mass is 1050 g/mol. The summed E-state index contributed by atoms with van der Waals surface area (Å²) >= 11 is 0. The molecule has 5 heterocycles. The quantitative estimate of drug-likeness (QED) is 0.200. The zero-order valence-electron chi connectivity index (χ0n) is 48.7. The summed E-state index contributed by atoms with van der Waals surface area (Å²) in [5.74, 6) is 4.54. The summed E-state index contributed by atoms with van der Waals surface area (Å²) in [6, 6.07) is 2.19. The number of likely N-dealkylation sites (N-methyl/N-ethyl adjacent to an activating group) is 1. The number of nitrogens with one attached hydrogen (secondary N) is 1. The first kappa shape index (κ1) is 65.9. The topological polar surface area (TPSA) is 168 Å². The van der Waals surface area contributed by atoms with Crippen molar-refractivity contribution >= 4 is 35.9 Å². The Labute approximate surface area is 457 Å². The number of hydrogen-bond donors (Lipinski definition) is 2. The molecular weight excluding hydrogens is 939 g/mol. The molecule has 5 atom stereocenters. The Bertz CT molecular complexity index is 1610. The van der Waals surface area contributed by atoms with E-state index in [1.807, 2.05) is 27.7 Å². The molecule has 10 fully saturated rings. The SMILES string of the molecule is C1CCC(C2CCCCC2)CC1.C1CCC(C2CCCCC2)CC1.CC.CC.CC#N.CN1C(=O)C2C(C1=O)C(C1CCCCC1)N1CCCC21.CN1C(=O)C=CC1=O.O=C(O)[C@@H]1CCCN1.O=CC1CCCCC1. The second kappa shape index (κ2) is 38.2. The predicted octanol–water partition coefficient (Wildman–Crippen LogP) is 13.7. The van der Waals surface area contributed by atoms with Crippen LogP contribution in [0.2, 0.25) is 0 Å². The molecule has 2 N–H and O–H groups in total. The summed E-state index contributed by atoms with van der Waals surface area (Å²) in [7, 11) is 3.13. The molecular formula is C63H109N5O7. The van der Waals surface area contributed by atoms with Crippen molar-refractivity contribution in [3.8, 4) is 6.07 Å². The van der Waals surface area contributed by atoms with E-state index in [0.29, 0.717) is 23.9 Å². The molecule has 4 unspecified atom stereocenters. The largest absolute Gasteiger partial charge is 0.480 e. The van der Waals surface area contributed by atoms with E-state index in [2.05, 4.69) is 10.2 Å². The van der Waals surface area contributed by atoms with Crippen LogP contribution in [0.1, 0.15) is 253 Å². The maximum absolute atomic E-state index is 12.6. The molecule has 75 heavy (non-hydrogen) atoms. The molecule has 11 aliphatic rings. The van der Waals surface area contributed by atoms with E-state index in [4.69, 9.17) is 10.4 Å². The molecule has 12 nitrogen and oxygen atoms in total. The van der Waals surface area contributed by atoms with Crippen molar-refractivity contribution < 1.29 is 33.9 Å². The molecule has 0 aromatic carbocycles. The van der Waals surface area contributed by atoms with Gasteiger partial charge in [-0.2, -0.15) is 5.26 Å². The van der Waals surface area contributed by atoms with Crippen LogP contribution in [0.3, 0.4) is 0 Å². The number of carboxylic acid groups (broad SMARTS) is 1. The van der Waals surface area contributed by atoms with E-state index in [-0.39, 0.29) is 41.5 Å². The highest BCUT2D eigenvalue weighted by atomic mass is 16.4. The van der Waals surface area contributed by atoms with E-state index >= 15 is 0 Å². The Morgan fingerprint density at radius 2 is 0.893 bits per heavy atom. The van der Waals surface area contributed by atoms with E-state index in [1.165, 1.54) is 166 Å². The van der Waals surface area contributed by atoms with Crippen molar-refractivity contribution in [3.05, 3.63) is 12.2 Å². The highest BCUT2D eigenvalue weighted by Gasteiger charge is 2.63. The smallest absolute Gasteiger partial charge is 0.320 e. The van der Waals surface area contributed by atoms with Gasteiger partial charge in [0.15, 0.2) is 0 Å². The summed E-state index contributed by atoms with van der Waals surface area (Å²) in [6.07, 6.45) is 51.1. The third-order valence-electron chi connectivity index (χ3n) is 18.4. The van der Waals surface area contributed by atoms with Gasteiger partial charge in [-0.05, 0) is 94.0 Å². The van der Waals surface area contributed by atoms with Crippen LogP contribution in [0.4, 0.5) is 0 Å². The Kier molecular flexibility index (Phi) is 33.5. The number of nitrogens with zero attached hydrogens (tertiary/aromatic N) is 4. The van der Waals surface area contributed by atoms with Crippen molar-refractivity contribution in [1.29, 1.82) is 5.26 Å². The van der Waals surface area contributed by atoms with Crippen LogP contribution in [0, 0.1) is 58.7 Å². The number of nitriles is 1. The second-order valence-electron chi connectivity index (χ2n) is 23.0. The zero-order chi connectivity index (χ0) is 55.0. The third-order valence-corrected chi connectivity index (χ3v) is 18.4. The first-order chi connectivity index (χ1) is 36.5. The lowest BCUT2D eigenvalue weighted by Crippen LogP contribution is -2.45. The fraction of sp³-hybridized carbons (Fsp3) is 0.857. The lowest BCUT2D eigenvalue weighted by molar-refractivity contribution is -0.141.